The normalized spacial score (nSPS) is 11.4. The average Bonchev–Trinajstić information content (AvgIpc) is 2.51. The lowest BCUT2D eigenvalue weighted by atomic mass is 10.1. The van der Waals surface area contributed by atoms with E-state index in [4.69, 9.17) is 0 Å². The maximum atomic E-state index is 3.90. The number of unbranched alkanes of at least 4 members (excludes halogenated alkanes) is 11. The SMILES string of the molecule is [CH2]CCCCCCCCCCCN(CCCC)CCCC. The van der Waals surface area contributed by atoms with Crippen molar-refractivity contribution < 1.29 is 0 Å². The van der Waals surface area contributed by atoms with Gasteiger partial charge in [0.15, 0.2) is 0 Å². The van der Waals surface area contributed by atoms with E-state index in [9.17, 15) is 0 Å². The lowest BCUT2D eigenvalue weighted by Gasteiger charge is -2.21. The van der Waals surface area contributed by atoms with Crippen molar-refractivity contribution in [1.82, 2.24) is 4.90 Å². The molecule has 0 rings (SSSR count). The molecule has 0 bridgehead atoms. The minimum absolute atomic E-state index is 1.12. The van der Waals surface area contributed by atoms with Gasteiger partial charge in [-0.25, -0.2) is 0 Å². The summed E-state index contributed by atoms with van der Waals surface area (Å²) in [6, 6.07) is 0. The summed E-state index contributed by atoms with van der Waals surface area (Å²) in [6.45, 7) is 12.5. The minimum Gasteiger partial charge on any atom is -0.303 e. The zero-order valence-corrected chi connectivity index (χ0v) is 15.2. The predicted molar refractivity (Wildman–Crippen MR) is 97.8 cm³/mol. The molecule has 0 saturated heterocycles. The second kappa shape index (κ2) is 18.0. The van der Waals surface area contributed by atoms with Crippen LogP contribution < -0.4 is 0 Å². The van der Waals surface area contributed by atoms with Crippen LogP contribution >= 0.6 is 0 Å². The molecule has 0 unspecified atom stereocenters. The topological polar surface area (TPSA) is 3.24 Å². The number of hydrogen-bond donors (Lipinski definition) is 0. The average molecular weight is 297 g/mol. The Kier molecular flexibility index (Phi) is 18.0. The third kappa shape index (κ3) is 16.2. The molecule has 0 aromatic carbocycles. The summed E-state index contributed by atoms with van der Waals surface area (Å²) in [5.74, 6) is 0. The van der Waals surface area contributed by atoms with Gasteiger partial charge in [0.1, 0.15) is 0 Å². The first-order valence-electron chi connectivity index (χ1n) is 9.86. The van der Waals surface area contributed by atoms with Gasteiger partial charge in [-0.05, 0) is 38.9 Å². The van der Waals surface area contributed by atoms with Crippen LogP contribution in [0.15, 0.2) is 0 Å². The molecule has 0 aromatic rings. The maximum Gasteiger partial charge on any atom is -0.00187 e. The fourth-order valence-corrected chi connectivity index (χ4v) is 2.85. The summed E-state index contributed by atoms with van der Waals surface area (Å²) in [6.07, 6.45) is 19.3. The fraction of sp³-hybridized carbons (Fsp3) is 0.950. The highest BCUT2D eigenvalue weighted by atomic mass is 15.1. The van der Waals surface area contributed by atoms with Gasteiger partial charge < -0.3 is 4.90 Å². The Bertz CT molecular complexity index is 171. The molecule has 0 fully saturated rings. The zero-order chi connectivity index (χ0) is 15.6. The summed E-state index contributed by atoms with van der Waals surface area (Å²) >= 11 is 0. The van der Waals surface area contributed by atoms with Gasteiger partial charge in [0.05, 0.1) is 0 Å². The standard InChI is InChI=1S/C20H42N/c1-4-7-10-11-12-13-14-15-16-17-20-21(18-8-5-2)19-9-6-3/h1,4-20H2,2-3H3. The molecule has 0 heterocycles. The van der Waals surface area contributed by atoms with Crippen molar-refractivity contribution in [1.29, 1.82) is 0 Å². The summed E-state index contributed by atoms with van der Waals surface area (Å²) in [7, 11) is 0. The molecular weight excluding hydrogens is 254 g/mol. The van der Waals surface area contributed by atoms with Crippen LogP contribution in [-0.4, -0.2) is 24.5 Å². The summed E-state index contributed by atoms with van der Waals surface area (Å²) in [5.41, 5.74) is 0. The molecule has 0 aromatic heterocycles. The highest BCUT2D eigenvalue weighted by Gasteiger charge is 2.03. The largest absolute Gasteiger partial charge is 0.303 e. The molecule has 1 heteroatoms. The first-order valence-corrected chi connectivity index (χ1v) is 9.86. The van der Waals surface area contributed by atoms with E-state index >= 15 is 0 Å². The van der Waals surface area contributed by atoms with Crippen LogP contribution in [0.2, 0.25) is 0 Å². The highest BCUT2D eigenvalue weighted by molar-refractivity contribution is 4.58. The predicted octanol–water partition coefficient (Wildman–Crippen LogP) is 6.62. The summed E-state index contributed by atoms with van der Waals surface area (Å²) in [5, 5.41) is 0. The molecule has 0 atom stereocenters. The van der Waals surface area contributed by atoms with Gasteiger partial charge in [0.25, 0.3) is 0 Å². The van der Waals surface area contributed by atoms with Gasteiger partial charge in [-0.3, -0.25) is 0 Å². The molecule has 0 saturated carbocycles. The van der Waals surface area contributed by atoms with Gasteiger partial charge >= 0.3 is 0 Å². The lowest BCUT2D eigenvalue weighted by Crippen LogP contribution is -2.27. The molecule has 1 nitrogen and oxygen atoms in total. The Morgan fingerprint density at radius 1 is 0.524 bits per heavy atom. The van der Waals surface area contributed by atoms with E-state index < -0.39 is 0 Å². The Hall–Kier alpha value is -0.0400. The van der Waals surface area contributed by atoms with E-state index in [0.717, 1.165) is 6.42 Å². The Balaban J connectivity index is 3.35. The zero-order valence-electron chi connectivity index (χ0n) is 15.2. The van der Waals surface area contributed by atoms with E-state index in [1.54, 1.807) is 0 Å². The van der Waals surface area contributed by atoms with Crippen LogP contribution in [0.25, 0.3) is 0 Å². The van der Waals surface area contributed by atoms with E-state index in [1.165, 1.54) is 103 Å². The van der Waals surface area contributed by atoms with Gasteiger partial charge in [-0.2, -0.15) is 0 Å². The third-order valence-corrected chi connectivity index (χ3v) is 4.38. The molecular formula is C20H42N. The van der Waals surface area contributed by atoms with Gasteiger partial charge in [0, 0.05) is 0 Å². The van der Waals surface area contributed by atoms with Crippen molar-refractivity contribution in [2.24, 2.45) is 0 Å². The summed E-state index contributed by atoms with van der Waals surface area (Å²) < 4.78 is 0. The van der Waals surface area contributed by atoms with Crippen molar-refractivity contribution in [3.05, 3.63) is 6.92 Å². The first kappa shape index (κ1) is 21.0. The van der Waals surface area contributed by atoms with E-state index in [2.05, 4.69) is 25.7 Å². The molecule has 0 aliphatic carbocycles. The van der Waals surface area contributed by atoms with Crippen molar-refractivity contribution >= 4 is 0 Å². The lowest BCUT2D eigenvalue weighted by molar-refractivity contribution is 0.259. The second-order valence-corrected chi connectivity index (χ2v) is 6.58. The first-order chi connectivity index (χ1) is 10.3. The number of nitrogens with zero attached hydrogens (tertiary/aromatic N) is 1. The molecule has 0 aliphatic rings. The monoisotopic (exact) mass is 296 g/mol. The molecule has 0 aliphatic heterocycles. The second-order valence-electron chi connectivity index (χ2n) is 6.58. The maximum absolute atomic E-state index is 3.90. The van der Waals surface area contributed by atoms with Crippen molar-refractivity contribution in [2.75, 3.05) is 19.6 Å². The molecule has 0 N–H and O–H groups in total. The highest BCUT2D eigenvalue weighted by Crippen LogP contribution is 2.11. The molecule has 127 valence electrons. The molecule has 21 heavy (non-hydrogen) atoms. The Labute approximate surface area is 135 Å². The fourth-order valence-electron chi connectivity index (χ4n) is 2.85. The summed E-state index contributed by atoms with van der Waals surface area (Å²) in [4.78, 5) is 2.70. The minimum atomic E-state index is 1.12. The van der Waals surface area contributed by atoms with Gasteiger partial charge in [-0.1, -0.05) is 91.4 Å². The Morgan fingerprint density at radius 3 is 1.33 bits per heavy atom. The van der Waals surface area contributed by atoms with E-state index in [0.29, 0.717) is 0 Å². The van der Waals surface area contributed by atoms with Crippen LogP contribution in [0, 0.1) is 6.92 Å². The van der Waals surface area contributed by atoms with Gasteiger partial charge in [-0.15, -0.1) is 0 Å². The van der Waals surface area contributed by atoms with Crippen LogP contribution in [0.4, 0.5) is 0 Å². The molecule has 0 amide bonds. The smallest absolute Gasteiger partial charge is 0.00187 e. The van der Waals surface area contributed by atoms with E-state index in [1.807, 2.05) is 0 Å². The van der Waals surface area contributed by atoms with E-state index in [-0.39, 0.29) is 0 Å². The van der Waals surface area contributed by atoms with Gasteiger partial charge in [0.2, 0.25) is 0 Å². The quantitative estimate of drug-likeness (QED) is 0.272. The van der Waals surface area contributed by atoms with Crippen molar-refractivity contribution in [3.63, 3.8) is 0 Å². The molecule has 1 radical (unpaired) electrons. The van der Waals surface area contributed by atoms with Crippen LogP contribution in [0.5, 0.6) is 0 Å². The van der Waals surface area contributed by atoms with Crippen LogP contribution in [0.1, 0.15) is 104 Å². The van der Waals surface area contributed by atoms with Crippen LogP contribution in [-0.2, 0) is 0 Å². The number of rotatable bonds is 17. The number of hydrogen-bond acceptors (Lipinski definition) is 1. The van der Waals surface area contributed by atoms with Crippen molar-refractivity contribution in [3.8, 4) is 0 Å². The molecule has 0 spiro atoms. The third-order valence-electron chi connectivity index (χ3n) is 4.38. The van der Waals surface area contributed by atoms with Crippen LogP contribution in [0.3, 0.4) is 0 Å². The Morgan fingerprint density at radius 2 is 0.905 bits per heavy atom. The van der Waals surface area contributed by atoms with Crippen molar-refractivity contribution in [2.45, 2.75) is 104 Å².